The minimum absolute atomic E-state index is 0.0953. The summed E-state index contributed by atoms with van der Waals surface area (Å²) in [6, 6.07) is 11.5. The zero-order valence-corrected chi connectivity index (χ0v) is 17.2. The quantitative estimate of drug-likeness (QED) is 0.428. The van der Waals surface area contributed by atoms with Crippen molar-refractivity contribution < 1.29 is 4.79 Å². The molecule has 1 N–H and O–H groups in total. The highest BCUT2D eigenvalue weighted by Gasteiger charge is 2.13. The van der Waals surface area contributed by atoms with Crippen LogP contribution in [0.25, 0.3) is 11.3 Å². The fourth-order valence-electron chi connectivity index (χ4n) is 2.54. The van der Waals surface area contributed by atoms with Gasteiger partial charge in [-0.1, -0.05) is 12.1 Å². The Kier molecular flexibility index (Phi) is 6.11. The summed E-state index contributed by atoms with van der Waals surface area (Å²) in [5, 5.41) is 7.87. The molecular formula is C20H16N4OS3. The number of nitrogens with one attached hydrogen (secondary N) is 1. The fourth-order valence-corrected chi connectivity index (χ4v) is 4.90. The number of pyridine rings is 1. The molecule has 0 atom stereocenters. The Morgan fingerprint density at radius 1 is 1.11 bits per heavy atom. The van der Waals surface area contributed by atoms with Gasteiger partial charge in [-0.3, -0.25) is 9.78 Å². The molecule has 0 aliphatic carbocycles. The standard InChI is InChI=1S/C20H16N4OS3/c25-20(16-3-1-2-4-18(16)27-11-15-10-26-13-23-15)22-9-19-24-17(12-28-19)14-5-7-21-8-6-14/h1-8,10,12-13H,9,11H2,(H,22,25). The Bertz CT molecular complexity index is 1050. The van der Waals surface area contributed by atoms with Crippen molar-refractivity contribution in [3.63, 3.8) is 0 Å². The van der Waals surface area contributed by atoms with E-state index >= 15 is 0 Å². The molecular weight excluding hydrogens is 408 g/mol. The Labute approximate surface area is 174 Å². The molecule has 1 aromatic carbocycles. The van der Waals surface area contributed by atoms with E-state index in [2.05, 4.69) is 20.3 Å². The fraction of sp³-hybridized carbons (Fsp3) is 0.100. The van der Waals surface area contributed by atoms with Crippen molar-refractivity contribution in [2.75, 3.05) is 0 Å². The molecule has 28 heavy (non-hydrogen) atoms. The molecule has 3 aromatic heterocycles. The molecule has 0 saturated heterocycles. The third-order valence-corrected chi connectivity index (χ3v) is 6.51. The molecule has 0 saturated carbocycles. The summed E-state index contributed by atoms with van der Waals surface area (Å²) >= 11 is 4.73. The first kappa shape index (κ1) is 18.8. The van der Waals surface area contributed by atoms with E-state index in [4.69, 9.17) is 0 Å². The molecule has 1 amide bonds. The number of carbonyl (C=O) groups is 1. The van der Waals surface area contributed by atoms with Gasteiger partial charge < -0.3 is 5.32 Å². The van der Waals surface area contributed by atoms with Gasteiger partial charge in [-0.2, -0.15) is 0 Å². The van der Waals surface area contributed by atoms with Crippen LogP contribution < -0.4 is 5.32 Å². The van der Waals surface area contributed by atoms with Crippen LogP contribution >= 0.6 is 34.4 Å². The summed E-state index contributed by atoms with van der Waals surface area (Å²) in [6.45, 7) is 0.402. The number of hydrogen-bond acceptors (Lipinski definition) is 7. The number of nitrogens with zero attached hydrogens (tertiary/aromatic N) is 3. The van der Waals surface area contributed by atoms with Gasteiger partial charge >= 0.3 is 0 Å². The van der Waals surface area contributed by atoms with Gasteiger partial charge in [-0.25, -0.2) is 9.97 Å². The number of thioether (sulfide) groups is 1. The number of hydrogen-bond donors (Lipinski definition) is 1. The first-order chi connectivity index (χ1) is 13.8. The van der Waals surface area contributed by atoms with Crippen LogP contribution in [0.3, 0.4) is 0 Å². The molecule has 0 radical (unpaired) electrons. The summed E-state index contributed by atoms with van der Waals surface area (Å²) in [7, 11) is 0. The summed E-state index contributed by atoms with van der Waals surface area (Å²) in [5.74, 6) is 0.650. The van der Waals surface area contributed by atoms with Crippen molar-refractivity contribution in [1.29, 1.82) is 0 Å². The van der Waals surface area contributed by atoms with E-state index in [1.165, 1.54) is 11.3 Å². The van der Waals surface area contributed by atoms with Crippen LogP contribution in [0.5, 0.6) is 0 Å². The maximum Gasteiger partial charge on any atom is 0.252 e. The zero-order valence-electron chi connectivity index (χ0n) is 14.7. The number of aromatic nitrogens is 3. The molecule has 3 heterocycles. The molecule has 4 rings (SSSR count). The van der Waals surface area contributed by atoms with Crippen LogP contribution in [-0.4, -0.2) is 20.9 Å². The van der Waals surface area contributed by atoms with Crippen molar-refractivity contribution in [3.8, 4) is 11.3 Å². The van der Waals surface area contributed by atoms with Crippen LogP contribution in [-0.2, 0) is 12.3 Å². The van der Waals surface area contributed by atoms with Gasteiger partial charge in [0.15, 0.2) is 0 Å². The van der Waals surface area contributed by atoms with Crippen LogP contribution in [0.15, 0.2) is 70.0 Å². The molecule has 4 aromatic rings. The lowest BCUT2D eigenvalue weighted by Crippen LogP contribution is -2.23. The summed E-state index contributed by atoms with van der Waals surface area (Å²) in [4.78, 5) is 26.6. The molecule has 8 heteroatoms. The van der Waals surface area contributed by atoms with Gasteiger partial charge in [-0.05, 0) is 24.3 Å². The lowest BCUT2D eigenvalue weighted by molar-refractivity contribution is 0.0948. The SMILES string of the molecule is O=C(NCc1nc(-c2ccncc2)cs1)c1ccccc1SCc1cscn1. The van der Waals surface area contributed by atoms with Crippen molar-refractivity contribution >= 4 is 40.3 Å². The van der Waals surface area contributed by atoms with Gasteiger partial charge in [0.1, 0.15) is 5.01 Å². The van der Waals surface area contributed by atoms with Crippen LogP contribution in [0.4, 0.5) is 0 Å². The largest absolute Gasteiger partial charge is 0.345 e. The number of rotatable bonds is 7. The molecule has 0 unspecified atom stereocenters. The Morgan fingerprint density at radius 3 is 2.79 bits per heavy atom. The van der Waals surface area contributed by atoms with Crippen molar-refractivity contribution in [1.82, 2.24) is 20.3 Å². The molecule has 0 bridgehead atoms. The van der Waals surface area contributed by atoms with E-state index in [0.717, 1.165) is 32.6 Å². The average molecular weight is 425 g/mol. The van der Waals surface area contributed by atoms with Gasteiger partial charge in [0.05, 0.1) is 29.0 Å². The minimum atomic E-state index is -0.0953. The number of thiazole rings is 2. The van der Waals surface area contributed by atoms with Crippen LogP contribution in [0, 0.1) is 0 Å². The predicted molar refractivity (Wildman–Crippen MR) is 115 cm³/mol. The van der Waals surface area contributed by atoms with E-state index in [1.807, 2.05) is 52.7 Å². The Morgan fingerprint density at radius 2 is 1.96 bits per heavy atom. The van der Waals surface area contributed by atoms with E-state index in [1.54, 1.807) is 35.5 Å². The number of benzene rings is 1. The number of carbonyl (C=O) groups excluding carboxylic acids is 1. The van der Waals surface area contributed by atoms with Crippen molar-refractivity contribution in [2.45, 2.75) is 17.2 Å². The molecule has 0 spiro atoms. The third kappa shape index (κ3) is 4.64. The second-order valence-electron chi connectivity index (χ2n) is 5.81. The van der Waals surface area contributed by atoms with Crippen LogP contribution in [0.1, 0.15) is 21.1 Å². The average Bonchev–Trinajstić information content (AvgIpc) is 3.43. The maximum atomic E-state index is 12.7. The third-order valence-electron chi connectivity index (χ3n) is 3.92. The van der Waals surface area contributed by atoms with Gasteiger partial charge in [0.2, 0.25) is 0 Å². The monoisotopic (exact) mass is 424 g/mol. The lowest BCUT2D eigenvalue weighted by Gasteiger charge is -2.08. The second kappa shape index (κ2) is 9.09. The number of amides is 1. The highest BCUT2D eigenvalue weighted by Crippen LogP contribution is 2.26. The first-order valence-electron chi connectivity index (χ1n) is 8.51. The zero-order chi connectivity index (χ0) is 19.2. The highest BCUT2D eigenvalue weighted by molar-refractivity contribution is 7.98. The maximum absolute atomic E-state index is 12.7. The van der Waals surface area contributed by atoms with Gasteiger partial charge in [0, 0.05) is 39.4 Å². The molecule has 0 fully saturated rings. The summed E-state index contributed by atoms with van der Waals surface area (Å²) < 4.78 is 0. The molecule has 0 aliphatic heterocycles. The van der Waals surface area contributed by atoms with E-state index in [0.29, 0.717) is 12.1 Å². The highest BCUT2D eigenvalue weighted by atomic mass is 32.2. The topological polar surface area (TPSA) is 67.8 Å². The van der Waals surface area contributed by atoms with E-state index in [-0.39, 0.29) is 5.91 Å². The summed E-state index contributed by atoms with van der Waals surface area (Å²) in [5.41, 5.74) is 5.44. The Balaban J connectivity index is 1.40. The van der Waals surface area contributed by atoms with Crippen LogP contribution in [0.2, 0.25) is 0 Å². The predicted octanol–water partition coefficient (Wildman–Crippen LogP) is 4.88. The van der Waals surface area contributed by atoms with Gasteiger partial charge in [0.25, 0.3) is 5.91 Å². The second-order valence-corrected chi connectivity index (χ2v) is 8.49. The summed E-state index contributed by atoms with van der Waals surface area (Å²) in [6.07, 6.45) is 3.49. The molecule has 140 valence electrons. The normalized spacial score (nSPS) is 10.7. The van der Waals surface area contributed by atoms with Crippen molar-refractivity contribution in [3.05, 3.63) is 81.3 Å². The molecule has 0 aliphatic rings. The van der Waals surface area contributed by atoms with E-state index < -0.39 is 0 Å². The smallest absolute Gasteiger partial charge is 0.252 e. The van der Waals surface area contributed by atoms with E-state index in [9.17, 15) is 4.79 Å². The minimum Gasteiger partial charge on any atom is -0.345 e. The first-order valence-corrected chi connectivity index (χ1v) is 11.3. The van der Waals surface area contributed by atoms with Crippen molar-refractivity contribution in [2.24, 2.45) is 0 Å². The molecule has 5 nitrogen and oxygen atoms in total. The lowest BCUT2D eigenvalue weighted by atomic mass is 10.2. The van der Waals surface area contributed by atoms with Gasteiger partial charge in [-0.15, -0.1) is 34.4 Å². The Hall–Kier alpha value is -2.55.